The molecule has 1 atom stereocenters. The van der Waals surface area contributed by atoms with E-state index in [1.165, 1.54) is 6.08 Å². The molecule has 5 nitrogen and oxygen atoms in total. The maximum absolute atomic E-state index is 10.0. The van der Waals surface area contributed by atoms with Gasteiger partial charge >= 0.3 is 12.1 Å². The number of benzene rings is 1. The van der Waals surface area contributed by atoms with Gasteiger partial charge < -0.3 is 14.6 Å². The number of carboxylic acids is 1. The maximum Gasteiger partial charge on any atom is 0.508 e. The van der Waals surface area contributed by atoms with E-state index in [-0.39, 0.29) is 12.5 Å². The molecule has 1 aliphatic rings. The van der Waals surface area contributed by atoms with Gasteiger partial charge in [0.1, 0.15) is 12.7 Å². The summed E-state index contributed by atoms with van der Waals surface area (Å²) in [5.74, 6) is -0.829. The van der Waals surface area contributed by atoms with Gasteiger partial charge in [-0.2, -0.15) is 0 Å². The van der Waals surface area contributed by atoms with E-state index in [1.807, 2.05) is 36.4 Å². The molecule has 1 N–H and O–H groups in total. The van der Waals surface area contributed by atoms with Crippen LogP contribution in [0.2, 0.25) is 0 Å². The summed E-state index contributed by atoms with van der Waals surface area (Å²) >= 11 is 0. The van der Waals surface area contributed by atoms with E-state index in [1.54, 1.807) is 6.92 Å². The number of carbonyl (C=O) groups is 2. The van der Waals surface area contributed by atoms with Crippen molar-refractivity contribution in [2.24, 2.45) is 0 Å². The summed E-state index contributed by atoms with van der Waals surface area (Å²) in [4.78, 5) is 19.5. The number of ether oxygens (including phenoxy) is 2. The van der Waals surface area contributed by atoms with Crippen LogP contribution in [0.1, 0.15) is 24.5 Å². The normalized spacial score (nSPS) is 14.7. The molecule has 0 radical (unpaired) electrons. The Morgan fingerprint density at radius 3 is 1.96 bits per heavy atom. The Bertz CT molecular complexity index is 521. The predicted octanol–water partition coefficient (Wildman–Crippen LogP) is 4.16. The summed E-state index contributed by atoms with van der Waals surface area (Å²) < 4.78 is 8.90. The highest BCUT2D eigenvalue weighted by Gasteiger charge is 2.19. The van der Waals surface area contributed by atoms with Crippen molar-refractivity contribution in [3.8, 4) is 0 Å². The van der Waals surface area contributed by atoms with Gasteiger partial charge in [-0.15, -0.1) is 6.58 Å². The summed E-state index contributed by atoms with van der Waals surface area (Å²) in [7, 11) is 0. The number of carboxylic acid groups (broad SMARTS) is 1. The van der Waals surface area contributed by atoms with Gasteiger partial charge in [0, 0.05) is 0 Å². The smallest absolute Gasteiger partial charge is 0.481 e. The second-order valence-electron chi connectivity index (χ2n) is 4.41. The summed E-state index contributed by atoms with van der Waals surface area (Å²) in [6.07, 6.45) is 4.47. The number of cyclic esters (lactones) is 2. The lowest BCUT2D eigenvalue weighted by Gasteiger charge is -1.96. The lowest BCUT2D eigenvalue weighted by molar-refractivity contribution is -0.135. The van der Waals surface area contributed by atoms with Gasteiger partial charge in [-0.1, -0.05) is 55.7 Å². The van der Waals surface area contributed by atoms with Gasteiger partial charge in [0.2, 0.25) is 0 Å². The molecule has 1 heterocycles. The standard InChI is InChI=1S/C10H10.C4H6O3.C4H6O2/c1-3-9-7-5-6-8-10(9)4-2;1-3-2-6-4(5)7-3;1-2-3-4(5)6/h3-8H,1-2H2;3H,2H2,1H3;2H,1,3H2,(H,5,6). The van der Waals surface area contributed by atoms with Gasteiger partial charge in [0.05, 0.1) is 6.42 Å². The monoisotopic (exact) mass is 318 g/mol. The predicted molar refractivity (Wildman–Crippen MR) is 91.0 cm³/mol. The number of rotatable bonds is 4. The zero-order valence-electron chi connectivity index (χ0n) is 13.2. The van der Waals surface area contributed by atoms with Crippen LogP contribution in [0.5, 0.6) is 0 Å². The second-order valence-corrected chi connectivity index (χ2v) is 4.41. The van der Waals surface area contributed by atoms with Gasteiger partial charge in [-0.05, 0) is 18.1 Å². The highest BCUT2D eigenvalue weighted by molar-refractivity contribution is 5.68. The zero-order valence-corrected chi connectivity index (χ0v) is 13.2. The number of carbonyl (C=O) groups excluding carboxylic acids is 1. The molecule has 5 heteroatoms. The summed E-state index contributed by atoms with van der Waals surface area (Å²) in [6.45, 7) is 12.8. The molecule has 1 aliphatic heterocycles. The topological polar surface area (TPSA) is 72.8 Å². The molecule has 0 saturated carbocycles. The minimum Gasteiger partial charge on any atom is -0.481 e. The molecule has 124 valence electrons. The van der Waals surface area contributed by atoms with E-state index in [2.05, 4.69) is 29.2 Å². The van der Waals surface area contributed by atoms with Crippen molar-refractivity contribution < 1.29 is 24.2 Å². The van der Waals surface area contributed by atoms with Crippen molar-refractivity contribution in [2.45, 2.75) is 19.4 Å². The summed E-state index contributed by atoms with van der Waals surface area (Å²) in [5.41, 5.74) is 2.27. The van der Waals surface area contributed by atoms with Crippen LogP contribution in [0, 0.1) is 0 Å². The highest BCUT2D eigenvalue weighted by atomic mass is 16.8. The molecule has 23 heavy (non-hydrogen) atoms. The average Bonchev–Trinajstić information content (AvgIpc) is 2.91. The van der Waals surface area contributed by atoms with E-state index < -0.39 is 12.1 Å². The van der Waals surface area contributed by atoms with E-state index in [9.17, 15) is 9.59 Å². The van der Waals surface area contributed by atoms with Crippen molar-refractivity contribution in [2.75, 3.05) is 6.61 Å². The summed E-state index contributed by atoms with van der Waals surface area (Å²) in [5, 5.41) is 7.84. The second kappa shape index (κ2) is 11.8. The third-order valence-electron chi connectivity index (χ3n) is 2.49. The molecule has 1 aromatic carbocycles. The van der Waals surface area contributed by atoms with Crippen LogP contribution >= 0.6 is 0 Å². The highest BCUT2D eigenvalue weighted by Crippen LogP contribution is 2.10. The van der Waals surface area contributed by atoms with Crippen LogP contribution < -0.4 is 0 Å². The first-order valence-corrected chi connectivity index (χ1v) is 6.94. The van der Waals surface area contributed by atoms with Crippen LogP contribution in [0.15, 0.2) is 50.1 Å². The first kappa shape index (κ1) is 20.2. The lowest BCUT2D eigenvalue weighted by atomic mass is 10.1. The molecule has 0 spiro atoms. The van der Waals surface area contributed by atoms with E-state index in [0.717, 1.165) is 11.1 Å². The number of hydrogen-bond donors (Lipinski definition) is 1. The average molecular weight is 318 g/mol. The van der Waals surface area contributed by atoms with Crippen molar-refractivity contribution >= 4 is 24.3 Å². The fourth-order valence-corrected chi connectivity index (χ4v) is 1.42. The largest absolute Gasteiger partial charge is 0.508 e. The Hall–Kier alpha value is -2.82. The molecule has 0 aromatic heterocycles. The third-order valence-corrected chi connectivity index (χ3v) is 2.49. The van der Waals surface area contributed by atoms with Crippen LogP contribution in [0.4, 0.5) is 4.79 Å². The summed E-state index contributed by atoms with van der Waals surface area (Å²) in [6, 6.07) is 8.02. The lowest BCUT2D eigenvalue weighted by Crippen LogP contribution is -2.01. The maximum atomic E-state index is 10.0. The molecule has 1 unspecified atom stereocenters. The Kier molecular flexibility index (Phi) is 10.4. The van der Waals surface area contributed by atoms with Crippen molar-refractivity contribution in [1.82, 2.24) is 0 Å². The molecule has 0 bridgehead atoms. The minimum atomic E-state index is -0.829. The van der Waals surface area contributed by atoms with E-state index in [4.69, 9.17) is 5.11 Å². The van der Waals surface area contributed by atoms with Gasteiger partial charge in [0.25, 0.3) is 0 Å². The van der Waals surface area contributed by atoms with Crippen molar-refractivity contribution in [3.05, 3.63) is 61.2 Å². The van der Waals surface area contributed by atoms with E-state index >= 15 is 0 Å². The Morgan fingerprint density at radius 1 is 1.26 bits per heavy atom. The Labute approximate surface area is 136 Å². The molecule has 0 aliphatic carbocycles. The molecule has 1 aromatic rings. The molecular formula is C18H22O5. The molecule has 1 saturated heterocycles. The molecule has 2 rings (SSSR count). The fourth-order valence-electron chi connectivity index (χ4n) is 1.42. The van der Waals surface area contributed by atoms with Crippen molar-refractivity contribution in [1.29, 1.82) is 0 Å². The van der Waals surface area contributed by atoms with Gasteiger partial charge in [0.15, 0.2) is 0 Å². The number of hydrogen-bond acceptors (Lipinski definition) is 4. The number of aliphatic carboxylic acids is 1. The molecule has 0 amide bonds. The van der Waals surface area contributed by atoms with Crippen LogP contribution in [-0.4, -0.2) is 29.9 Å². The fraction of sp³-hybridized carbons (Fsp3) is 0.222. The van der Waals surface area contributed by atoms with Crippen molar-refractivity contribution in [3.63, 3.8) is 0 Å². The van der Waals surface area contributed by atoms with Gasteiger partial charge in [-0.25, -0.2) is 4.79 Å². The Morgan fingerprint density at radius 2 is 1.78 bits per heavy atom. The zero-order chi connectivity index (χ0) is 17.7. The van der Waals surface area contributed by atoms with Crippen LogP contribution in [-0.2, 0) is 14.3 Å². The Balaban J connectivity index is 0.000000330. The SMILES string of the molecule is C=CCC(=O)O.C=Cc1ccccc1C=C.CC1COC(=O)O1. The van der Waals surface area contributed by atoms with Crippen LogP contribution in [0.3, 0.4) is 0 Å². The molecular weight excluding hydrogens is 296 g/mol. The molecule has 1 fully saturated rings. The minimum absolute atomic E-state index is 0.0486. The first-order chi connectivity index (χ1) is 10.9. The first-order valence-electron chi connectivity index (χ1n) is 6.94. The third kappa shape index (κ3) is 9.68. The quantitative estimate of drug-likeness (QED) is 0.666. The van der Waals surface area contributed by atoms with Crippen LogP contribution in [0.25, 0.3) is 12.2 Å². The van der Waals surface area contributed by atoms with E-state index in [0.29, 0.717) is 6.61 Å². The van der Waals surface area contributed by atoms with Gasteiger partial charge in [-0.3, -0.25) is 4.79 Å².